The molecule has 0 heterocycles. The number of hydrogen-bond acceptors (Lipinski definition) is 4. The van der Waals surface area contributed by atoms with Gasteiger partial charge < -0.3 is 10.5 Å². The molecule has 27 heavy (non-hydrogen) atoms. The number of anilines is 2. The van der Waals surface area contributed by atoms with Gasteiger partial charge in [0.2, 0.25) is 0 Å². The van der Waals surface area contributed by atoms with E-state index >= 15 is 0 Å². The summed E-state index contributed by atoms with van der Waals surface area (Å²) in [5.41, 5.74) is 7.23. The number of rotatable bonds is 5. The highest BCUT2D eigenvalue weighted by Gasteiger charge is 2.46. The van der Waals surface area contributed by atoms with Crippen LogP contribution in [0.2, 0.25) is 0 Å². The lowest BCUT2D eigenvalue weighted by atomic mass is 9.91. The average molecular weight is 387 g/mol. The summed E-state index contributed by atoms with van der Waals surface area (Å²) in [6, 6.07) is 11.2. The zero-order valence-electron chi connectivity index (χ0n) is 14.1. The maximum Gasteiger partial charge on any atom is 0.407 e. The van der Waals surface area contributed by atoms with E-state index < -0.39 is 24.7 Å². The molecular formula is C18H18F5N3O. The van der Waals surface area contributed by atoms with Crippen molar-refractivity contribution in [2.45, 2.75) is 31.0 Å². The largest absolute Gasteiger partial charge is 0.490 e. The van der Waals surface area contributed by atoms with Crippen LogP contribution in [0.25, 0.3) is 11.1 Å². The predicted octanol–water partition coefficient (Wildman–Crippen LogP) is 4.35. The second kappa shape index (κ2) is 6.88. The molecule has 0 radical (unpaired) electrons. The SMILES string of the molecule is Nc1ccc(-c2ccc(OC3CC(F)(F)C3)cc2)cc1N(N)CC(F)(F)F. The zero-order chi connectivity index (χ0) is 19.8. The van der Waals surface area contributed by atoms with Crippen LogP contribution in [0, 0.1) is 0 Å². The van der Waals surface area contributed by atoms with Crippen molar-refractivity contribution < 1.29 is 26.7 Å². The van der Waals surface area contributed by atoms with Crippen molar-refractivity contribution >= 4 is 11.4 Å². The van der Waals surface area contributed by atoms with Crippen molar-refractivity contribution in [3.8, 4) is 16.9 Å². The van der Waals surface area contributed by atoms with Gasteiger partial charge in [-0.1, -0.05) is 18.2 Å². The number of nitrogen functional groups attached to an aromatic ring is 1. The molecule has 4 N–H and O–H groups in total. The minimum Gasteiger partial charge on any atom is -0.490 e. The van der Waals surface area contributed by atoms with E-state index in [2.05, 4.69) is 0 Å². The summed E-state index contributed by atoms with van der Waals surface area (Å²) in [5, 5.41) is 0.549. The Balaban J connectivity index is 1.73. The van der Waals surface area contributed by atoms with Crippen LogP contribution in [0.1, 0.15) is 12.8 Å². The summed E-state index contributed by atoms with van der Waals surface area (Å²) >= 11 is 0. The Morgan fingerprint density at radius 3 is 2.19 bits per heavy atom. The fourth-order valence-corrected chi connectivity index (χ4v) is 2.86. The Morgan fingerprint density at radius 2 is 1.63 bits per heavy atom. The first-order valence-electron chi connectivity index (χ1n) is 8.16. The molecule has 146 valence electrons. The smallest absolute Gasteiger partial charge is 0.407 e. The Morgan fingerprint density at radius 1 is 1.04 bits per heavy atom. The molecule has 1 aliphatic carbocycles. The third-order valence-corrected chi connectivity index (χ3v) is 4.23. The number of hydrogen-bond donors (Lipinski definition) is 2. The summed E-state index contributed by atoms with van der Waals surface area (Å²) in [7, 11) is 0. The molecule has 0 saturated heterocycles. The molecule has 0 bridgehead atoms. The molecule has 4 nitrogen and oxygen atoms in total. The maximum atomic E-state index is 12.8. The van der Waals surface area contributed by atoms with Crippen molar-refractivity contribution in [2.24, 2.45) is 5.84 Å². The summed E-state index contributed by atoms with van der Waals surface area (Å²) < 4.78 is 68.8. The molecule has 0 amide bonds. The Hall–Kier alpha value is -2.55. The van der Waals surface area contributed by atoms with E-state index in [0.29, 0.717) is 21.9 Å². The Kier molecular flexibility index (Phi) is 4.90. The third-order valence-electron chi connectivity index (χ3n) is 4.23. The van der Waals surface area contributed by atoms with Crippen LogP contribution in [0.5, 0.6) is 5.75 Å². The van der Waals surface area contributed by atoms with Crippen LogP contribution in [-0.2, 0) is 0 Å². The third kappa shape index (κ3) is 4.79. The number of ether oxygens (including phenoxy) is 1. The highest BCUT2D eigenvalue weighted by atomic mass is 19.4. The maximum absolute atomic E-state index is 12.8. The minimum absolute atomic E-state index is 0.0573. The second-order valence-corrected chi connectivity index (χ2v) is 6.55. The van der Waals surface area contributed by atoms with Gasteiger partial charge in [-0.2, -0.15) is 13.2 Å². The van der Waals surface area contributed by atoms with E-state index in [-0.39, 0.29) is 24.2 Å². The summed E-state index contributed by atoms with van der Waals surface area (Å²) in [5.74, 6) is 3.30. The fourth-order valence-electron chi connectivity index (χ4n) is 2.86. The number of nitrogens with zero attached hydrogens (tertiary/aromatic N) is 1. The van der Waals surface area contributed by atoms with Crippen LogP contribution in [0.3, 0.4) is 0 Å². The predicted molar refractivity (Wildman–Crippen MR) is 92.5 cm³/mol. The van der Waals surface area contributed by atoms with E-state index in [1.54, 1.807) is 30.3 Å². The van der Waals surface area contributed by atoms with Gasteiger partial charge in [-0.3, -0.25) is 5.01 Å². The van der Waals surface area contributed by atoms with Crippen LogP contribution in [-0.4, -0.2) is 24.7 Å². The van der Waals surface area contributed by atoms with Crippen molar-refractivity contribution in [3.05, 3.63) is 42.5 Å². The molecule has 0 atom stereocenters. The molecule has 1 fully saturated rings. The molecule has 0 spiro atoms. The summed E-state index contributed by atoms with van der Waals surface area (Å²) in [4.78, 5) is 0. The molecule has 0 aromatic heterocycles. The summed E-state index contributed by atoms with van der Waals surface area (Å²) in [6.07, 6.45) is -5.58. The van der Waals surface area contributed by atoms with Crippen LogP contribution in [0.15, 0.2) is 42.5 Å². The fraction of sp³-hybridized carbons (Fsp3) is 0.333. The van der Waals surface area contributed by atoms with Crippen molar-refractivity contribution in [1.29, 1.82) is 0 Å². The van der Waals surface area contributed by atoms with Crippen molar-refractivity contribution in [1.82, 2.24) is 0 Å². The first-order valence-corrected chi connectivity index (χ1v) is 8.16. The van der Waals surface area contributed by atoms with Gasteiger partial charge in [-0.15, -0.1) is 0 Å². The van der Waals surface area contributed by atoms with E-state index in [4.69, 9.17) is 16.3 Å². The Bertz CT molecular complexity index is 800. The average Bonchev–Trinajstić information content (AvgIpc) is 2.53. The van der Waals surface area contributed by atoms with Gasteiger partial charge in [0.1, 0.15) is 18.4 Å². The van der Waals surface area contributed by atoms with Gasteiger partial charge in [0.15, 0.2) is 0 Å². The topological polar surface area (TPSA) is 64.5 Å². The van der Waals surface area contributed by atoms with Gasteiger partial charge in [0.25, 0.3) is 5.92 Å². The van der Waals surface area contributed by atoms with E-state index in [1.807, 2.05) is 0 Å². The van der Waals surface area contributed by atoms with Crippen molar-refractivity contribution in [3.63, 3.8) is 0 Å². The molecule has 9 heteroatoms. The number of benzene rings is 2. The molecule has 3 rings (SSSR count). The molecule has 1 saturated carbocycles. The second-order valence-electron chi connectivity index (χ2n) is 6.55. The number of halogens is 5. The van der Waals surface area contributed by atoms with Gasteiger partial charge in [0, 0.05) is 12.8 Å². The van der Waals surface area contributed by atoms with Gasteiger partial charge in [-0.05, 0) is 35.4 Å². The van der Waals surface area contributed by atoms with E-state index in [9.17, 15) is 22.0 Å². The number of alkyl halides is 5. The van der Waals surface area contributed by atoms with Crippen molar-refractivity contribution in [2.75, 3.05) is 17.3 Å². The van der Waals surface area contributed by atoms with Gasteiger partial charge in [0.05, 0.1) is 11.4 Å². The highest BCUT2D eigenvalue weighted by Crippen LogP contribution is 2.40. The van der Waals surface area contributed by atoms with Crippen LogP contribution in [0.4, 0.5) is 33.3 Å². The number of hydrazine groups is 1. The standard InChI is InChI=1S/C18H18F5N3O/c19-17(20)8-14(9-17)27-13-4-1-11(2-5-13)12-3-6-15(24)16(7-12)26(25)10-18(21,22)23/h1-7,14H,8-10,24-25H2. The van der Waals surface area contributed by atoms with E-state index in [0.717, 1.165) is 0 Å². The monoisotopic (exact) mass is 387 g/mol. The summed E-state index contributed by atoms with van der Waals surface area (Å²) in [6.45, 7) is -1.33. The minimum atomic E-state index is -4.46. The molecule has 2 aromatic rings. The van der Waals surface area contributed by atoms with Crippen LogP contribution >= 0.6 is 0 Å². The first-order chi connectivity index (χ1) is 12.5. The Labute approximate surface area is 152 Å². The van der Waals surface area contributed by atoms with E-state index in [1.165, 1.54) is 12.1 Å². The van der Waals surface area contributed by atoms with Gasteiger partial charge in [-0.25, -0.2) is 14.6 Å². The molecule has 0 unspecified atom stereocenters. The molecular weight excluding hydrogens is 369 g/mol. The lowest BCUT2D eigenvalue weighted by Gasteiger charge is -2.34. The van der Waals surface area contributed by atoms with Gasteiger partial charge >= 0.3 is 6.18 Å². The molecule has 2 aromatic carbocycles. The molecule has 0 aliphatic heterocycles. The van der Waals surface area contributed by atoms with Crippen LogP contribution < -0.4 is 21.3 Å². The zero-order valence-corrected chi connectivity index (χ0v) is 14.1. The quantitative estimate of drug-likeness (QED) is 0.346. The lowest BCUT2D eigenvalue weighted by Crippen LogP contribution is -2.43. The first kappa shape index (κ1) is 19.2. The lowest BCUT2D eigenvalue weighted by molar-refractivity contribution is -0.134. The number of nitrogens with two attached hydrogens (primary N) is 2. The molecule has 1 aliphatic rings. The highest BCUT2D eigenvalue weighted by molar-refractivity contribution is 5.76. The normalized spacial score (nSPS) is 16.7.